The number of rotatable bonds is 3. The number of aliphatic hydroxyl groups excluding tert-OH is 1. The predicted octanol–water partition coefficient (Wildman–Crippen LogP) is 2.59. The van der Waals surface area contributed by atoms with E-state index in [1.165, 1.54) is 19.1 Å². The molecular weight excluding hydrogens is 186 g/mol. The first-order valence-electron chi connectivity index (χ1n) is 4.63. The van der Waals surface area contributed by atoms with Crippen molar-refractivity contribution >= 4 is 0 Å². The maximum absolute atomic E-state index is 13.2. The Morgan fingerprint density at radius 3 is 2.50 bits per heavy atom. The molecule has 0 bridgehead atoms. The molecule has 1 aromatic carbocycles. The summed E-state index contributed by atoms with van der Waals surface area (Å²) < 4.78 is 26.3. The van der Waals surface area contributed by atoms with Gasteiger partial charge in [-0.15, -0.1) is 0 Å². The summed E-state index contributed by atoms with van der Waals surface area (Å²) in [6, 6.07) is 2.39. The predicted molar refractivity (Wildman–Crippen MR) is 51.1 cm³/mol. The Labute approximate surface area is 82.4 Å². The minimum atomic E-state index is -0.487. The van der Waals surface area contributed by atoms with Gasteiger partial charge in [-0.05, 0) is 49.9 Å². The average molecular weight is 200 g/mol. The Balaban J connectivity index is 2.82. The van der Waals surface area contributed by atoms with Gasteiger partial charge < -0.3 is 5.11 Å². The molecule has 0 aromatic heterocycles. The molecule has 0 heterocycles. The lowest BCUT2D eigenvalue weighted by molar-refractivity contribution is 0.184. The maximum Gasteiger partial charge on any atom is 0.126 e. The van der Waals surface area contributed by atoms with Crippen LogP contribution >= 0.6 is 0 Å². The van der Waals surface area contributed by atoms with Gasteiger partial charge >= 0.3 is 0 Å². The summed E-state index contributed by atoms with van der Waals surface area (Å²) in [6.07, 6.45) is 0.318. The van der Waals surface area contributed by atoms with Crippen molar-refractivity contribution in [3.63, 3.8) is 0 Å². The third-order valence-corrected chi connectivity index (χ3v) is 2.16. The van der Waals surface area contributed by atoms with Crippen LogP contribution in [0, 0.1) is 18.6 Å². The molecule has 1 N–H and O–H groups in total. The summed E-state index contributed by atoms with van der Waals surface area (Å²) in [7, 11) is 0. The van der Waals surface area contributed by atoms with E-state index in [0.29, 0.717) is 24.0 Å². The van der Waals surface area contributed by atoms with E-state index in [9.17, 15) is 8.78 Å². The van der Waals surface area contributed by atoms with Gasteiger partial charge in [0.2, 0.25) is 0 Å². The van der Waals surface area contributed by atoms with Gasteiger partial charge in [0.1, 0.15) is 11.6 Å². The Kier molecular flexibility index (Phi) is 3.58. The van der Waals surface area contributed by atoms with Crippen molar-refractivity contribution in [1.82, 2.24) is 0 Å². The van der Waals surface area contributed by atoms with Crippen molar-refractivity contribution < 1.29 is 13.9 Å². The van der Waals surface area contributed by atoms with E-state index in [1.807, 2.05) is 0 Å². The molecule has 0 aliphatic carbocycles. The van der Waals surface area contributed by atoms with Crippen LogP contribution in [0.5, 0.6) is 0 Å². The minimum absolute atomic E-state index is 0.309. The molecule has 0 aliphatic heterocycles. The molecule has 1 atom stereocenters. The minimum Gasteiger partial charge on any atom is -0.393 e. The summed E-state index contributed by atoms with van der Waals surface area (Å²) >= 11 is 0. The molecule has 14 heavy (non-hydrogen) atoms. The Morgan fingerprint density at radius 1 is 1.29 bits per heavy atom. The van der Waals surface area contributed by atoms with Crippen LogP contribution in [0.1, 0.15) is 24.5 Å². The summed E-state index contributed by atoms with van der Waals surface area (Å²) in [4.78, 5) is 0. The van der Waals surface area contributed by atoms with E-state index in [0.717, 1.165) is 0 Å². The Bertz CT molecular complexity index is 321. The zero-order valence-electron chi connectivity index (χ0n) is 8.35. The van der Waals surface area contributed by atoms with Gasteiger partial charge in [-0.2, -0.15) is 0 Å². The van der Waals surface area contributed by atoms with Crippen molar-refractivity contribution in [1.29, 1.82) is 0 Å². The first-order chi connectivity index (χ1) is 6.50. The van der Waals surface area contributed by atoms with Gasteiger partial charge in [0.15, 0.2) is 0 Å². The molecule has 1 rings (SSSR count). The molecule has 1 aromatic rings. The molecule has 78 valence electrons. The van der Waals surface area contributed by atoms with Gasteiger partial charge in [-0.1, -0.05) is 0 Å². The third-order valence-electron chi connectivity index (χ3n) is 2.16. The van der Waals surface area contributed by atoms with E-state index in [-0.39, 0.29) is 0 Å². The lowest BCUT2D eigenvalue weighted by Crippen LogP contribution is -2.03. The van der Waals surface area contributed by atoms with Crippen LogP contribution in [0.25, 0.3) is 0 Å². The number of hydrogen-bond donors (Lipinski definition) is 1. The second kappa shape index (κ2) is 4.51. The normalized spacial score (nSPS) is 12.9. The number of benzene rings is 1. The zero-order valence-corrected chi connectivity index (χ0v) is 8.35. The molecule has 0 saturated carbocycles. The van der Waals surface area contributed by atoms with Crippen molar-refractivity contribution in [3.8, 4) is 0 Å². The molecule has 0 saturated heterocycles. The Hall–Kier alpha value is -0.960. The first kappa shape index (κ1) is 11.1. The summed E-state index contributed by atoms with van der Waals surface area (Å²) in [5.41, 5.74) is 0.636. The van der Waals surface area contributed by atoms with Crippen LogP contribution in [0.4, 0.5) is 8.78 Å². The summed E-state index contributed by atoms with van der Waals surface area (Å²) in [6.45, 7) is 3.15. The van der Waals surface area contributed by atoms with Crippen molar-refractivity contribution in [2.24, 2.45) is 0 Å². The van der Waals surface area contributed by atoms with E-state index >= 15 is 0 Å². The fraction of sp³-hybridized carbons (Fsp3) is 0.455. The van der Waals surface area contributed by atoms with Crippen LogP contribution in [0.3, 0.4) is 0 Å². The molecular formula is C11H14F2O. The quantitative estimate of drug-likeness (QED) is 0.795. The highest BCUT2D eigenvalue weighted by Crippen LogP contribution is 2.16. The van der Waals surface area contributed by atoms with Crippen LogP contribution in [0.15, 0.2) is 12.1 Å². The van der Waals surface area contributed by atoms with E-state index in [4.69, 9.17) is 5.11 Å². The van der Waals surface area contributed by atoms with Crippen LogP contribution < -0.4 is 0 Å². The highest BCUT2D eigenvalue weighted by atomic mass is 19.1. The second-order valence-corrected chi connectivity index (χ2v) is 3.58. The van der Waals surface area contributed by atoms with Gasteiger partial charge in [-0.25, -0.2) is 8.78 Å². The fourth-order valence-corrected chi connectivity index (χ4v) is 1.24. The van der Waals surface area contributed by atoms with E-state index < -0.39 is 17.7 Å². The molecule has 0 unspecified atom stereocenters. The fourth-order valence-electron chi connectivity index (χ4n) is 1.24. The highest BCUT2D eigenvalue weighted by Gasteiger charge is 2.07. The topological polar surface area (TPSA) is 20.2 Å². The van der Waals surface area contributed by atoms with Gasteiger partial charge in [0.05, 0.1) is 6.10 Å². The SMILES string of the molecule is Cc1cc(F)c(CC[C@@H](C)O)cc1F. The number of hydrogen-bond acceptors (Lipinski definition) is 1. The number of aliphatic hydroxyl groups is 1. The Morgan fingerprint density at radius 2 is 1.93 bits per heavy atom. The molecule has 0 spiro atoms. The zero-order chi connectivity index (χ0) is 10.7. The lowest BCUT2D eigenvalue weighted by Gasteiger charge is -2.06. The van der Waals surface area contributed by atoms with Crippen LogP contribution in [-0.4, -0.2) is 11.2 Å². The molecule has 0 aliphatic rings. The van der Waals surface area contributed by atoms with E-state index in [1.54, 1.807) is 6.92 Å². The van der Waals surface area contributed by atoms with Crippen LogP contribution in [0.2, 0.25) is 0 Å². The van der Waals surface area contributed by atoms with Gasteiger partial charge in [-0.3, -0.25) is 0 Å². The first-order valence-corrected chi connectivity index (χ1v) is 4.63. The number of aryl methyl sites for hydroxylation is 2. The lowest BCUT2D eigenvalue weighted by atomic mass is 10.0. The largest absolute Gasteiger partial charge is 0.393 e. The van der Waals surface area contributed by atoms with Gasteiger partial charge in [0.25, 0.3) is 0 Å². The van der Waals surface area contributed by atoms with Crippen molar-refractivity contribution in [2.75, 3.05) is 0 Å². The molecule has 0 fully saturated rings. The standard InChI is InChI=1S/C11H14F2O/c1-7-5-11(13)9(6-10(7)12)4-3-8(2)14/h5-6,8,14H,3-4H2,1-2H3/t8-/m1/s1. The average Bonchev–Trinajstić information content (AvgIpc) is 2.09. The van der Waals surface area contributed by atoms with Crippen LogP contribution in [-0.2, 0) is 6.42 Å². The smallest absolute Gasteiger partial charge is 0.126 e. The highest BCUT2D eigenvalue weighted by molar-refractivity contribution is 5.25. The van der Waals surface area contributed by atoms with E-state index in [2.05, 4.69) is 0 Å². The third kappa shape index (κ3) is 2.77. The van der Waals surface area contributed by atoms with Crippen molar-refractivity contribution in [2.45, 2.75) is 32.8 Å². The van der Waals surface area contributed by atoms with Gasteiger partial charge in [0, 0.05) is 0 Å². The summed E-state index contributed by atoms with van der Waals surface area (Å²) in [5, 5.41) is 9.01. The van der Waals surface area contributed by atoms with Crippen molar-refractivity contribution in [3.05, 3.63) is 34.9 Å². The molecule has 3 heteroatoms. The summed E-state index contributed by atoms with van der Waals surface area (Å²) in [5.74, 6) is -0.795. The monoisotopic (exact) mass is 200 g/mol. The molecule has 1 nitrogen and oxygen atoms in total. The molecule has 0 amide bonds. The number of halogens is 2. The molecule has 0 radical (unpaired) electrons. The maximum atomic E-state index is 13.2. The second-order valence-electron chi connectivity index (χ2n) is 3.58.